The summed E-state index contributed by atoms with van der Waals surface area (Å²) in [5.41, 5.74) is 2.48. The van der Waals surface area contributed by atoms with Crippen molar-refractivity contribution in [2.75, 3.05) is 6.61 Å². The van der Waals surface area contributed by atoms with Crippen molar-refractivity contribution >= 4 is 51.7 Å². The van der Waals surface area contributed by atoms with Crippen LogP contribution < -0.4 is 0 Å². The number of nitrogens with zero attached hydrogens (tertiary/aromatic N) is 1. The number of benzene rings is 2. The van der Waals surface area contributed by atoms with Gasteiger partial charge >= 0.3 is 5.97 Å². The number of ether oxygens (including phenoxy) is 1. The van der Waals surface area contributed by atoms with Crippen molar-refractivity contribution in [3.63, 3.8) is 0 Å². The third-order valence-corrected chi connectivity index (χ3v) is 4.34. The Morgan fingerprint density at radius 2 is 2.00 bits per heavy atom. The van der Waals surface area contributed by atoms with E-state index in [2.05, 4.69) is 11.1 Å². The molecule has 2 aromatic carbocycles. The van der Waals surface area contributed by atoms with Crippen LogP contribution in [-0.2, 0) is 4.74 Å². The van der Waals surface area contributed by atoms with Crippen LogP contribution in [0.3, 0.4) is 0 Å². The highest BCUT2D eigenvalue weighted by molar-refractivity contribution is 6.39. The summed E-state index contributed by atoms with van der Waals surface area (Å²) in [6.45, 7) is 1.96. The van der Waals surface area contributed by atoms with E-state index in [4.69, 9.17) is 27.9 Å². The molecule has 0 aliphatic rings. The first-order valence-corrected chi connectivity index (χ1v) is 8.65. The molecule has 4 nitrogen and oxygen atoms in total. The highest BCUT2D eigenvalue weighted by Crippen LogP contribution is 2.35. The lowest BCUT2D eigenvalue weighted by Crippen LogP contribution is -2.06. The van der Waals surface area contributed by atoms with Gasteiger partial charge in [-0.05, 0) is 30.7 Å². The zero-order chi connectivity index (χ0) is 18.7. The van der Waals surface area contributed by atoms with Crippen LogP contribution in [0.1, 0.15) is 28.5 Å². The van der Waals surface area contributed by atoms with E-state index >= 15 is 0 Å². The van der Waals surface area contributed by atoms with Crippen LogP contribution in [0.5, 0.6) is 0 Å². The molecule has 0 saturated heterocycles. The second-order valence-corrected chi connectivity index (χ2v) is 6.32. The van der Waals surface area contributed by atoms with Gasteiger partial charge in [0.25, 0.3) is 0 Å². The number of halogens is 2. The normalized spacial score (nSPS) is 11.4. The average Bonchev–Trinajstić information content (AvgIpc) is 2.99. The van der Waals surface area contributed by atoms with Crippen LogP contribution in [0.2, 0.25) is 10.0 Å². The molecule has 3 aromatic rings. The lowest BCUT2D eigenvalue weighted by molar-refractivity contribution is 0.0520. The Morgan fingerprint density at radius 3 is 2.65 bits per heavy atom. The number of aromatic nitrogens is 1. The number of hydrogen-bond donors (Lipinski definition) is 1. The first-order valence-electron chi connectivity index (χ1n) is 7.90. The molecular formula is C20H14Cl2N2O2. The van der Waals surface area contributed by atoms with Gasteiger partial charge in [0.2, 0.25) is 0 Å². The fraction of sp³-hybridized carbons (Fsp3) is 0.100. The van der Waals surface area contributed by atoms with Gasteiger partial charge in [-0.2, -0.15) is 5.26 Å². The van der Waals surface area contributed by atoms with E-state index in [0.717, 1.165) is 5.56 Å². The molecule has 3 rings (SSSR count). The summed E-state index contributed by atoms with van der Waals surface area (Å²) < 4.78 is 5.13. The highest BCUT2D eigenvalue weighted by atomic mass is 35.5. The van der Waals surface area contributed by atoms with Gasteiger partial charge in [-0.1, -0.05) is 53.5 Å². The van der Waals surface area contributed by atoms with E-state index in [1.165, 1.54) is 0 Å². The summed E-state index contributed by atoms with van der Waals surface area (Å²) >= 11 is 12.4. The van der Waals surface area contributed by atoms with Crippen molar-refractivity contribution in [1.82, 2.24) is 4.98 Å². The van der Waals surface area contributed by atoms with Gasteiger partial charge in [0.05, 0.1) is 23.3 Å². The van der Waals surface area contributed by atoms with Crippen molar-refractivity contribution < 1.29 is 9.53 Å². The standard InChI is InChI=1S/C20H14Cl2N2O2/c1-2-26-20(25)19-15(8-13(11-23)12-6-4-3-5-7-12)18-16(22)9-14(21)10-17(18)24-19/h3-10,24H,2H2,1H3. The number of carbonyl (C=O) groups excluding carboxylic acids is 1. The number of allylic oxidation sites excluding steroid dienone is 1. The van der Waals surface area contributed by atoms with Crippen molar-refractivity contribution in [1.29, 1.82) is 5.26 Å². The number of carbonyl (C=O) groups is 1. The molecule has 0 radical (unpaired) electrons. The molecule has 0 spiro atoms. The van der Waals surface area contributed by atoms with E-state index in [1.807, 2.05) is 30.3 Å². The van der Waals surface area contributed by atoms with Gasteiger partial charge in [-0.25, -0.2) is 4.79 Å². The maximum atomic E-state index is 12.4. The minimum atomic E-state index is -0.521. The molecule has 1 aromatic heterocycles. The van der Waals surface area contributed by atoms with Crippen LogP contribution in [0.25, 0.3) is 22.6 Å². The molecule has 26 heavy (non-hydrogen) atoms. The first kappa shape index (κ1) is 18.1. The predicted octanol–water partition coefficient (Wildman–Crippen LogP) is 5.72. The van der Waals surface area contributed by atoms with Gasteiger partial charge in [-0.15, -0.1) is 0 Å². The summed E-state index contributed by atoms with van der Waals surface area (Å²) in [4.78, 5) is 15.4. The SMILES string of the molecule is CCOC(=O)c1[nH]c2cc(Cl)cc(Cl)c2c1C=C(C#N)c1ccccc1. The zero-order valence-corrected chi connectivity index (χ0v) is 15.4. The minimum absolute atomic E-state index is 0.231. The molecule has 6 heteroatoms. The predicted molar refractivity (Wildman–Crippen MR) is 104 cm³/mol. The van der Waals surface area contributed by atoms with Crippen molar-refractivity contribution in [2.45, 2.75) is 6.92 Å². The molecule has 0 bridgehead atoms. The van der Waals surface area contributed by atoms with Gasteiger partial charge < -0.3 is 9.72 Å². The number of rotatable bonds is 4. The fourth-order valence-corrected chi connectivity index (χ4v) is 3.32. The number of hydrogen-bond acceptors (Lipinski definition) is 3. The molecule has 130 valence electrons. The van der Waals surface area contributed by atoms with E-state index in [9.17, 15) is 10.1 Å². The van der Waals surface area contributed by atoms with Gasteiger partial charge in [0, 0.05) is 21.5 Å². The summed E-state index contributed by atoms with van der Waals surface area (Å²) in [5.74, 6) is -0.521. The largest absolute Gasteiger partial charge is 0.461 e. The Labute approximate surface area is 160 Å². The van der Waals surface area contributed by atoms with Crippen LogP contribution in [0.4, 0.5) is 0 Å². The maximum absolute atomic E-state index is 12.4. The minimum Gasteiger partial charge on any atom is -0.461 e. The first-order chi connectivity index (χ1) is 12.5. The fourth-order valence-electron chi connectivity index (χ4n) is 2.72. The van der Waals surface area contributed by atoms with Gasteiger partial charge in [0.15, 0.2) is 0 Å². The van der Waals surface area contributed by atoms with Crippen LogP contribution in [0.15, 0.2) is 42.5 Å². The molecule has 1 N–H and O–H groups in total. The van der Waals surface area contributed by atoms with Crippen molar-refractivity contribution in [3.8, 4) is 6.07 Å². The highest BCUT2D eigenvalue weighted by Gasteiger charge is 2.20. The second-order valence-electron chi connectivity index (χ2n) is 5.48. The molecule has 0 amide bonds. The number of nitrogens with one attached hydrogen (secondary N) is 1. The Morgan fingerprint density at radius 1 is 1.27 bits per heavy atom. The Hall–Kier alpha value is -2.74. The quantitative estimate of drug-likeness (QED) is 0.462. The Kier molecular flexibility index (Phi) is 5.32. The molecule has 0 saturated carbocycles. The number of nitriles is 1. The van der Waals surface area contributed by atoms with Crippen LogP contribution >= 0.6 is 23.2 Å². The van der Waals surface area contributed by atoms with Crippen LogP contribution in [-0.4, -0.2) is 17.6 Å². The third-order valence-electron chi connectivity index (χ3n) is 3.83. The second kappa shape index (κ2) is 7.65. The third kappa shape index (κ3) is 3.45. The van der Waals surface area contributed by atoms with Crippen molar-refractivity contribution in [3.05, 3.63) is 69.3 Å². The molecular weight excluding hydrogens is 371 g/mol. The maximum Gasteiger partial charge on any atom is 0.355 e. The summed E-state index contributed by atoms with van der Waals surface area (Å²) in [6.07, 6.45) is 1.64. The molecule has 0 aliphatic carbocycles. The summed E-state index contributed by atoms with van der Waals surface area (Å²) in [6, 6.07) is 14.7. The van der Waals surface area contributed by atoms with E-state index in [1.54, 1.807) is 25.1 Å². The number of aromatic amines is 1. The van der Waals surface area contributed by atoms with Gasteiger partial charge in [0.1, 0.15) is 5.69 Å². The van der Waals surface area contributed by atoms with Crippen molar-refractivity contribution in [2.24, 2.45) is 0 Å². The van der Waals surface area contributed by atoms with E-state index in [-0.39, 0.29) is 12.3 Å². The molecule has 1 heterocycles. The monoisotopic (exact) mass is 384 g/mol. The zero-order valence-electron chi connectivity index (χ0n) is 13.8. The Balaban J connectivity index is 2.29. The van der Waals surface area contributed by atoms with E-state index in [0.29, 0.717) is 32.1 Å². The lowest BCUT2D eigenvalue weighted by Gasteiger charge is -2.04. The molecule has 0 fully saturated rings. The summed E-state index contributed by atoms with van der Waals surface area (Å²) in [7, 11) is 0. The number of esters is 1. The topological polar surface area (TPSA) is 65.9 Å². The lowest BCUT2D eigenvalue weighted by atomic mass is 10.0. The molecule has 0 aliphatic heterocycles. The summed E-state index contributed by atoms with van der Waals surface area (Å²) in [5, 5.41) is 11.0. The average molecular weight is 385 g/mol. The van der Waals surface area contributed by atoms with Gasteiger partial charge in [-0.3, -0.25) is 0 Å². The van der Waals surface area contributed by atoms with E-state index < -0.39 is 5.97 Å². The Bertz CT molecular complexity index is 1050. The van der Waals surface area contributed by atoms with Crippen LogP contribution in [0, 0.1) is 11.3 Å². The molecule has 0 unspecified atom stereocenters. The number of fused-ring (bicyclic) bond motifs is 1. The molecule has 0 atom stereocenters. The number of H-pyrrole nitrogens is 1. The smallest absolute Gasteiger partial charge is 0.355 e.